The van der Waals surface area contributed by atoms with Crippen molar-refractivity contribution >= 4 is 17.9 Å². The Bertz CT molecular complexity index is 1060. The van der Waals surface area contributed by atoms with Gasteiger partial charge in [-0.1, -0.05) is 198 Å². The first kappa shape index (κ1) is 57.4. The smallest absolute Gasteiger partial charge is 0.306 e. The highest BCUT2D eigenvalue weighted by molar-refractivity contribution is 5.71. The third kappa shape index (κ3) is 46.4. The Morgan fingerprint density at radius 3 is 0.983 bits per heavy atom. The summed E-state index contributed by atoms with van der Waals surface area (Å²) in [6.45, 7) is 6.54. The average molecular weight is 841 g/mol. The molecule has 6 nitrogen and oxygen atoms in total. The minimum atomic E-state index is -0.783. The highest BCUT2D eigenvalue weighted by Gasteiger charge is 2.19. The molecule has 0 saturated carbocycles. The van der Waals surface area contributed by atoms with E-state index in [1.165, 1.54) is 128 Å². The number of esters is 3. The van der Waals surface area contributed by atoms with Crippen LogP contribution in [0.5, 0.6) is 0 Å². The largest absolute Gasteiger partial charge is 0.462 e. The fourth-order valence-corrected chi connectivity index (χ4v) is 7.08. The zero-order valence-electron chi connectivity index (χ0n) is 39.7. The lowest BCUT2D eigenvalue weighted by atomic mass is 10.1. The number of allylic oxidation sites excluding steroid dienone is 8. The SMILES string of the molecule is CCCC/C=C\C/C=C\CCCCCCCC(=O)OC(COC(=O)CCCCCCC/C=C\CCCC)COC(=O)CCCCCCCCC/C=C\CCCCCCCC. The van der Waals surface area contributed by atoms with Crippen LogP contribution in [0.4, 0.5) is 0 Å². The van der Waals surface area contributed by atoms with Gasteiger partial charge in [0, 0.05) is 19.3 Å². The Kier molecular flexibility index (Phi) is 46.9. The second-order valence-electron chi connectivity index (χ2n) is 17.1. The molecule has 60 heavy (non-hydrogen) atoms. The Labute approximate surface area is 371 Å². The van der Waals surface area contributed by atoms with Crippen molar-refractivity contribution in [3.05, 3.63) is 48.6 Å². The van der Waals surface area contributed by atoms with Crippen molar-refractivity contribution in [1.29, 1.82) is 0 Å². The summed E-state index contributed by atoms with van der Waals surface area (Å²) in [6.07, 6.45) is 58.0. The van der Waals surface area contributed by atoms with E-state index in [0.29, 0.717) is 19.3 Å². The zero-order chi connectivity index (χ0) is 43.7. The van der Waals surface area contributed by atoms with Crippen LogP contribution in [0.1, 0.15) is 258 Å². The normalized spacial score (nSPS) is 12.4. The average Bonchev–Trinajstić information content (AvgIpc) is 3.24. The molecule has 0 aromatic heterocycles. The molecule has 0 aliphatic rings. The van der Waals surface area contributed by atoms with E-state index in [1.807, 2.05) is 0 Å². The van der Waals surface area contributed by atoms with E-state index >= 15 is 0 Å². The van der Waals surface area contributed by atoms with Gasteiger partial charge in [-0.15, -0.1) is 0 Å². The molecule has 1 atom stereocenters. The number of hydrogen-bond donors (Lipinski definition) is 0. The second-order valence-corrected chi connectivity index (χ2v) is 17.1. The molecule has 0 aromatic carbocycles. The van der Waals surface area contributed by atoms with Crippen molar-refractivity contribution < 1.29 is 28.6 Å². The molecule has 0 spiro atoms. The molecule has 1 unspecified atom stereocenters. The highest BCUT2D eigenvalue weighted by Crippen LogP contribution is 2.14. The van der Waals surface area contributed by atoms with Crippen LogP contribution < -0.4 is 0 Å². The van der Waals surface area contributed by atoms with E-state index in [2.05, 4.69) is 69.4 Å². The molecule has 0 radical (unpaired) electrons. The van der Waals surface area contributed by atoms with E-state index in [0.717, 1.165) is 89.9 Å². The molecule has 0 fully saturated rings. The predicted octanol–water partition coefficient (Wildman–Crippen LogP) is 16.7. The fraction of sp³-hybridized carbons (Fsp3) is 0.796. The lowest BCUT2D eigenvalue weighted by Gasteiger charge is -2.18. The Hall–Kier alpha value is -2.63. The molecule has 0 aliphatic carbocycles. The standard InChI is InChI=1S/C54H96O6/c1-4-7-10-13-16-19-22-24-26-27-28-30-32-35-38-41-44-47-53(56)59-50-51(49-58-52(55)46-43-40-37-34-31-21-18-15-12-9-6-3)60-54(57)48-45-42-39-36-33-29-25-23-20-17-14-11-8-5-2/h14-15,17-18,23-26,51H,4-13,16,19-22,27-50H2,1-3H3/b17-14-,18-15-,25-23-,26-24-. The maximum atomic E-state index is 12.8. The summed E-state index contributed by atoms with van der Waals surface area (Å²) in [5.41, 5.74) is 0. The molecule has 0 heterocycles. The first-order valence-electron chi connectivity index (χ1n) is 25.6. The molecular weight excluding hydrogens is 745 g/mol. The van der Waals surface area contributed by atoms with Gasteiger partial charge in [0.25, 0.3) is 0 Å². The van der Waals surface area contributed by atoms with E-state index in [4.69, 9.17) is 14.2 Å². The third-order valence-corrected chi connectivity index (χ3v) is 11.0. The summed E-state index contributed by atoms with van der Waals surface area (Å²) < 4.78 is 16.8. The minimum Gasteiger partial charge on any atom is -0.462 e. The van der Waals surface area contributed by atoms with Crippen molar-refractivity contribution in [2.45, 2.75) is 264 Å². The summed E-state index contributed by atoms with van der Waals surface area (Å²) in [7, 11) is 0. The van der Waals surface area contributed by atoms with Crippen molar-refractivity contribution in [1.82, 2.24) is 0 Å². The van der Waals surface area contributed by atoms with E-state index in [9.17, 15) is 14.4 Å². The summed E-state index contributed by atoms with van der Waals surface area (Å²) in [4.78, 5) is 37.9. The third-order valence-electron chi connectivity index (χ3n) is 11.0. The van der Waals surface area contributed by atoms with Crippen LogP contribution in [-0.4, -0.2) is 37.2 Å². The lowest BCUT2D eigenvalue weighted by Crippen LogP contribution is -2.30. The zero-order valence-corrected chi connectivity index (χ0v) is 39.7. The van der Waals surface area contributed by atoms with Gasteiger partial charge in [0.2, 0.25) is 0 Å². The number of carbonyl (C=O) groups is 3. The molecule has 0 N–H and O–H groups in total. The highest BCUT2D eigenvalue weighted by atomic mass is 16.6. The number of carbonyl (C=O) groups excluding carboxylic acids is 3. The molecule has 0 saturated heterocycles. The summed E-state index contributed by atoms with van der Waals surface area (Å²) >= 11 is 0. The first-order chi connectivity index (χ1) is 29.5. The van der Waals surface area contributed by atoms with Gasteiger partial charge in [-0.05, 0) is 89.9 Å². The summed E-state index contributed by atoms with van der Waals surface area (Å²) in [6, 6.07) is 0. The number of rotatable bonds is 46. The van der Waals surface area contributed by atoms with Crippen LogP contribution in [-0.2, 0) is 28.6 Å². The molecule has 0 amide bonds. The molecule has 0 rings (SSSR count). The molecule has 0 bridgehead atoms. The van der Waals surface area contributed by atoms with E-state index in [-0.39, 0.29) is 31.1 Å². The van der Waals surface area contributed by atoms with Gasteiger partial charge < -0.3 is 14.2 Å². The van der Waals surface area contributed by atoms with Crippen LogP contribution in [0.3, 0.4) is 0 Å². The van der Waals surface area contributed by atoms with Crippen LogP contribution in [0, 0.1) is 0 Å². The van der Waals surface area contributed by atoms with E-state index < -0.39 is 6.10 Å². The second kappa shape index (κ2) is 49.0. The predicted molar refractivity (Wildman–Crippen MR) is 256 cm³/mol. The maximum absolute atomic E-state index is 12.8. The van der Waals surface area contributed by atoms with Gasteiger partial charge in [-0.3, -0.25) is 14.4 Å². The van der Waals surface area contributed by atoms with Gasteiger partial charge in [-0.25, -0.2) is 0 Å². The molecular formula is C54H96O6. The van der Waals surface area contributed by atoms with Gasteiger partial charge in [-0.2, -0.15) is 0 Å². The molecule has 348 valence electrons. The van der Waals surface area contributed by atoms with Crippen molar-refractivity contribution in [2.75, 3.05) is 13.2 Å². The number of ether oxygens (including phenoxy) is 3. The van der Waals surface area contributed by atoms with Crippen LogP contribution in [0.2, 0.25) is 0 Å². The lowest BCUT2D eigenvalue weighted by molar-refractivity contribution is -0.167. The van der Waals surface area contributed by atoms with Gasteiger partial charge in [0.05, 0.1) is 0 Å². The van der Waals surface area contributed by atoms with E-state index in [1.54, 1.807) is 0 Å². The Morgan fingerprint density at radius 1 is 0.333 bits per heavy atom. The van der Waals surface area contributed by atoms with Crippen molar-refractivity contribution in [3.8, 4) is 0 Å². The number of unbranched alkanes of at least 4 members (excludes halogenated alkanes) is 27. The van der Waals surface area contributed by atoms with Gasteiger partial charge >= 0.3 is 17.9 Å². The molecule has 0 aliphatic heterocycles. The first-order valence-corrected chi connectivity index (χ1v) is 25.6. The molecule has 6 heteroatoms. The Morgan fingerprint density at radius 2 is 0.617 bits per heavy atom. The van der Waals surface area contributed by atoms with Gasteiger partial charge in [0.15, 0.2) is 6.10 Å². The number of hydrogen-bond acceptors (Lipinski definition) is 6. The topological polar surface area (TPSA) is 78.9 Å². The van der Waals surface area contributed by atoms with Gasteiger partial charge in [0.1, 0.15) is 13.2 Å². The van der Waals surface area contributed by atoms with Crippen LogP contribution >= 0.6 is 0 Å². The summed E-state index contributed by atoms with van der Waals surface area (Å²) in [5.74, 6) is -0.907. The maximum Gasteiger partial charge on any atom is 0.306 e. The minimum absolute atomic E-state index is 0.0831. The fourth-order valence-electron chi connectivity index (χ4n) is 7.08. The summed E-state index contributed by atoms with van der Waals surface area (Å²) in [5, 5.41) is 0. The Balaban J connectivity index is 4.37. The van der Waals surface area contributed by atoms with Crippen molar-refractivity contribution in [2.24, 2.45) is 0 Å². The molecule has 0 aromatic rings. The monoisotopic (exact) mass is 841 g/mol. The van der Waals surface area contributed by atoms with Crippen LogP contribution in [0.25, 0.3) is 0 Å². The van der Waals surface area contributed by atoms with Crippen molar-refractivity contribution in [3.63, 3.8) is 0 Å². The van der Waals surface area contributed by atoms with Crippen LogP contribution in [0.15, 0.2) is 48.6 Å². The quantitative estimate of drug-likeness (QED) is 0.0263.